The molecule has 2 aromatic rings. The number of carbonyl (C=O) groups excluding carboxylic acids is 3. The molecule has 0 aromatic heterocycles. The normalized spacial score (nSPS) is 22.1. The molecule has 1 atom stereocenters. The first-order chi connectivity index (χ1) is 15.4. The van der Waals surface area contributed by atoms with E-state index in [9.17, 15) is 14.4 Å². The van der Waals surface area contributed by atoms with Crippen LogP contribution < -0.4 is 10.6 Å². The summed E-state index contributed by atoms with van der Waals surface area (Å²) in [7, 11) is 0. The average Bonchev–Trinajstić information content (AvgIpc) is 3.03. The molecule has 2 fully saturated rings. The van der Waals surface area contributed by atoms with Crippen molar-refractivity contribution in [3.63, 3.8) is 0 Å². The van der Waals surface area contributed by atoms with Crippen molar-refractivity contribution in [3.05, 3.63) is 66.2 Å². The fraction of sp³-hybridized carbons (Fsp3) is 0.400. The summed E-state index contributed by atoms with van der Waals surface area (Å²) in [6.07, 6.45) is 2.68. The third kappa shape index (κ3) is 4.99. The molecule has 32 heavy (non-hydrogen) atoms. The number of para-hydroxylation sites is 1. The summed E-state index contributed by atoms with van der Waals surface area (Å²) < 4.78 is 0. The maximum absolute atomic E-state index is 13.1. The van der Waals surface area contributed by atoms with E-state index >= 15 is 0 Å². The second-order valence-corrected chi connectivity index (χ2v) is 8.87. The quantitative estimate of drug-likeness (QED) is 0.656. The van der Waals surface area contributed by atoms with Crippen LogP contribution in [0.3, 0.4) is 0 Å². The van der Waals surface area contributed by atoms with Crippen LogP contribution in [0.5, 0.6) is 0 Å². The number of imide groups is 1. The third-order valence-electron chi connectivity index (χ3n) is 6.44. The molecular weight excluding hydrogens is 404 g/mol. The topological polar surface area (TPSA) is 81.8 Å². The third-order valence-corrected chi connectivity index (χ3v) is 6.44. The fourth-order valence-electron chi connectivity index (χ4n) is 4.39. The highest BCUT2D eigenvalue weighted by atomic mass is 16.2. The van der Waals surface area contributed by atoms with Crippen LogP contribution in [0, 0.1) is 5.92 Å². The molecule has 2 N–H and O–H groups in total. The number of piperidine rings is 1. The van der Waals surface area contributed by atoms with E-state index < -0.39 is 5.54 Å². The van der Waals surface area contributed by atoms with Gasteiger partial charge in [-0.15, -0.1) is 0 Å². The van der Waals surface area contributed by atoms with Crippen LogP contribution in [-0.4, -0.2) is 52.9 Å². The largest absolute Gasteiger partial charge is 0.326 e. The van der Waals surface area contributed by atoms with E-state index in [0.29, 0.717) is 32.4 Å². The highest BCUT2D eigenvalue weighted by molar-refractivity contribution is 6.06. The van der Waals surface area contributed by atoms with Gasteiger partial charge in [0.25, 0.3) is 5.91 Å². The van der Waals surface area contributed by atoms with Crippen molar-refractivity contribution < 1.29 is 14.4 Å². The Bertz CT molecular complexity index is 958. The summed E-state index contributed by atoms with van der Waals surface area (Å²) in [5.74, 6) is -0.215. The number of likely N-dealkylation sites (tertiary alicyclic amines) is 1. The number of anilines is 1. The zero-order valence-electron chi connectivity index (χ0n) is 18.4. The van der Waals surface area contributed by atoms with Gasteiger partial charge in [-0.25, -0.2) is 9.69 Å². The SMILES string of the molecule is C[C@@]1(CCc2ccccc2)NC(=O)N(CN2CCC(C(=O)Nc3ccccc3)CC2)C1=O. The second kappa shape index (κ2) is 9.53. The molecule has 168 valence electrons. The van der Waals surface area contributed by atoms with Crippen molar-refractivity contribution >= 4 is 23.5 Å². The predicted molar refractivity (Wildman–Crippen MR) is 123 cm³/mol. The van der Waals surface area contributed by atoms with Gasteiger partial charge in [0.15, 0.2) is 0 Å². The molecule has 0 spiro atoms. The average molecular weight is 435 g/mol. The van der Waals surface area contributed by atoms with Crippen molar-refractivity contribution in [2.45, 2.75) is 38.1 Å². The lowest BCUT2D eigenvalue weighted by Gasteiger charge is -2.33. The van der Waals surface area contributed by atoms with Crippen LogP contribution >= 0.6 is 0 Å². The Kier molecular flexibility index (Phi) is 6.55. The summed E-state index contributed by atoms with van der Waals surface area (Å²) in [5, 5.41) is 5.86. The summed E-state index contributed by atoms with van der Waals surface area (Å²) in [4.78, 5) is 41.6. The van der Waals surface area contributed by atoms with Gasteiger partial charge in [0.05, 0.1) is 6.67 Å². The number of aryl methyl sites for hydroxylation is 1. The lowest BCUT2D eigenvalue weighted by atomic mass is 9.93. The first kappa shape index (κ1) is 22.0. The molecular formula is C25H30N4O3. The van der Waals surface area contributed by atoms with Gasteiger partial charge in [-0.2, -0.15) is 0 Å². The zero-order valence-corrected chi connectivity index (χ0v) is 18.4. The van der Waals surface area contributed by atoms with Crippen LogP contribution in [0.2, 0.25) is 0 Å². The molecule has 7 heteroatoms. The standard InChI is InChI=1S/C25H30N4O3/c1-25(15-12-19-8-4-2-5-9-19)23(31)29(24(32)27-25)18-28-16-13-20(14-17-28)22(30)26-21-10-6-3-7-11-21/h2-11,20H,12-18H2,1H3,(H,26,30)(H,27,32)/t25-/m0/s1. The van der Waals surface area contributed by atoms with Gasteiger partial charge in [0, 0.05) is 24.7 Å². The molecule has 2 aromatic carbocycles. The van der Waals surface area contributed by atoms with Crippen LogP contribution in [0.1, 0.15) is 31.7 Å². The molecule has 2 heterocycles. The Morgan fingerprint density at radius 2 is 1.66 bits per heavy atom. The number of carbonyl (C=O) groups is 3. The van der Waals surface area contributed by atoms with E-state index in [1.165, 1.54) is 4.90 Å². The van der Waals surface area contributed by atoms with E-state index in [0.717, 1.165) is 17.7 Å². The number of hydrogen-bond acceptors (Lipinski definition) is 4. The van der Waals surface area contributed by atoms with Crippen LogP contribution in [0.4, 0.5) is 10.5 Å². The van der Waals surface area contributed by atoms with Crippen LogP contribution in [0.15, 0.2) is 60.7 Å². The van der Waals surface area contributed by atoms with Crippen molar-refractivity contribution in [1.82, 2.24) is 15.1 Å². The maximum atomic E-state index is 13.1. The molecule has 0 unspecified atom stereocenters. The van der Waals surface area contributed by atoms with E-state index in [1.807, 2.05) is 60.7 Å². The first-order valence-corrected chi connectivity index (χ1v) is 11.2. The molecule has 2 aliphatic rings. The van der Waals surface area contributed by atoms with Gasteiger partial charge >= 0.3 is 6.03 Å². The summed E-state index contributed by atoms with van der Waals surface area (Å²) in [6.45, 7) is 3.41. The van der Waals surface area contributed by atoms with Crippen LogP contribution in [-0.2, 0) is 16.0 Å². The van der Waals surface area contributed by atoms with Crippen molar-refractivity contribution in [1.29, 1.82) is 0 Å². The Balaban J connectivity index is 1.27. The number of benzene rings is 2. The number of nitrogens with zero attached hydrogens (tertiary/aromatic N) is 2. The zero-order chi connectivity index (χ0) is 22.6. The van der Waals surface area contributed by atoms with Gasteiger partial charge in [0.2, 0.25) is 5.91 Å². The lowest BCUT2D eigenvalue weighted by Crippen LogP contribution is -2.48. The minimum atomic E-state index is -0.888. The number of hydrogen-bond donors (Lipinski definition) is 2. The number of amides is 4. The van der Waals surface area contributed by atoms with Gasteiger partial charge in [0.1, 0.15) is 5.54 Å². The minimum Gasteiger partial charge on any atom is -0.326 e. The van der Waals surface area contributed by atoms with Gasteiger partial charge in [-0.05, 0) is 50.3 Å². The smallest absolute Gasteiger partial charge is 0.326 e. The molecule has 0 aliphatic carbocycles. The Hall–Kier alpha value is -3.19. The van der Waals surface area contributed by atoms with E-state index in [4.69, 9.17) is 0 Å². The summed E-state index contributed by atoms with van der Waals surface area (Å²) in [5.41, 5.74) is 1.06. The lowest BCUT2D eigenvalue weighted by molar-refractivity contribution is -0.133. The fourth-order valence-corrected chi connectivity index (χ4v) is 4.39. The van der Waals surface area contributed by atoms with E-state index in [1.54, 1.807) is 6.92 Å². The van der Waals surface area contributed by atoms with Crippen molar-refractivity contribution in [2.24, 2.45) is 5.92 Å². The van der Waals surface area contributed by atoms with Gasteiger partial charge in [-0.1, -0.05) is 48.5 Å². The molecule has 7 nitrogen and oxygen atoms in total. The molecule has 0 saturated carbocycles. The summed E-state index contributed by atoms with van der Waals surface area (Å²) >= 11 is 0. The Morgan fingerprint density at radius 1 is 1.03 bits per heavy atom. The summed E-state index contributed by atoms with van der Waals surface area (Å²) in [6, 6.07) is 19.1. The second-order valence-electron chi connectivity index (χ2n) is 8.87. The molecule has 2 saturated heterocycles. The van der Waals surface area contributed by atoms with E-state index in [-0.39, 0.29) is 30.4 Å². The number of rotatable bonds is 7. The maximum Gasteiger partial charge on any atom is 0.326 e. The molecule has 4 amide bonds. The monoisotopic (exact) mass is 434 g/mol. The number of nitrogens with one attached hydrogen (secondary N) is 2. The predicted octanol–water partition coefficient (Wildman–Crippen LogP) is 3.24. The Labute approximate surface area is 188 Å². The highest BCUT2D eigenvalue weighted by Gasteiger charge is 2.47. The van der Waals surface area contributed by atoms with Crippen molar-refractivity contribution in [3.8, 4) is 0 Å². The van der Waals surface area contributed by atoms with Crippen LogP contribution in [0.25, 0.3) is 0 Å². The number of urea groups is 1. The molecule has 4 rings (SSSR count). The minimum absolute atomic E-state index is 0.0272. The molecule has 0 bridgehead atoms. The van der Waals surface area contributed by atoms with E-state index in [2.05, 4.69) is 15.5 Å². The van der Waals surface area contributed by atoms with Gasteiger partial charge in [-0.3, -0.25) is 14.5 Å². The molecule has 2 aliphatic heterocycles. The molecule has 0 radical (unpaired) electrons. The highest BCUT2D eigenvalue weighted by Crippen LogP contribution is 2.25. The first-order valence-electron chi connectivity index (χ1n) is 11.2. The Morgan fingerprint density at radius 3 is 2.31 bits per heavy atom. The van der Waals surface area contributed by atoms with Gasteiger partial charge < -0.3 is 10.6 Å². The van der Waals surface area contributed by atoms with Crippen molar-refractivity contribution in [2.75, 3.05) is 25.1 Å².